The summed E-state index contributed by atoms with van der Waals surface area (Å²) in [6.07, 6.45) is 4.79. The van der Waals surface area contributed by atoms with Gasteiger partial charge in [-0.25, -0.2) is 9.97 Å². The normalized spacial score (nSPS) is 14.9. The Hall–Kier alpha value is -1.63. The van der Waals surface area contributed by atoms with Crippen molar-refractivity contribution >= 4 is 50.9 Å². The number of carboxylic acids is 1. The maximum atomic E-state index is 11.1. The van der Waals surface area contributed by atoms with E-state index in [0.29, 0.717) is 10.3 Å². The Balaban J connectivity index is 1.80. The Morgan fingerprint density at radius 1 is 1.26 bits per heavy atom. The van der Waals surface area contributed by atoms with Gasteiger partial charge in [0.05, 0.1) is 5.39 Å². The minimum atomic E-state index is -0.892. The lowest BCUT2D eigenvalue weighted by molar-refractivity contribution is -0.136. The number of aromatic nitrogens is 2. The first kappa shape index (κ1) is 18.7. The molecule has 1 aliphatic carbocycles. The van der Waals surface area contributed by atoms with Crippen LogP contribution in [0.1, 0.15) is 35.8 Å². The maximum Gasteiger partial charge on any atom is 0.316 e. The number of rotatable bonds is 4. The van der Waals surface area contributed by atoms with Crippen molar-refractivity contribution in [2.75, 3.05) is 0 Å². The Kier molecular flexibility index (Phi) is 5.14. The molecule has 0 saturated carbocycles. The fourth-order valence-corrected chi connectivity index (χ4v) is 5.73. The summed E-state index contributed by atoms with van der Waals surface area (Å²) in [6, 6.07) is 6.69. The number of aliphatic carboxylic acids is 1. The van der Waals surface area contributed by atoms with Gasteiger partial charge in [-0.05, 0) is 56.2 Å². The number of hydrogen-bond acceptors (Lipinski definition) is 5. The molecule has 2 heterocycles. The molecule has 0 amide bonds. The molecule has 3 aromatic rings. The molecule has 7 heteroatoms. The fraction of sp³-hybridized carbons (Fsp3) is 0.350. The number of aryl methyl sites for hydroxylation is 3. The Morgan fingerprint density at radius 3 is 2.74 bits per heavy atom. The molecule has 4 nitrogen and oxygen atoms in total. The topological polar surface area (TPSA) is 63.1 Å². The average Bonchev–Trinajstić information content (AvgIpc) is 2.97. The molecule has 2 aromatic heterocycles. The Morgan fingerprint density at radius 2 is 2.00 bits per heavy atom. The Labute approximate surface area is 171 Å². The van der Waals surface area contributed by atoms with Gasteiger partial charge in [0.25, 0.3) is 0 Å². The van der Waals surface area contributed by atoms with E-state index < -0.39 is 11.2 Å². The number of thiophene rings is 1. The summed E-state index contributed by atoms with van der Waals surface area (Å²) in [4.78, 5) is 22.0. The molecular weight excluding hydrogens is 400 g/mol. The van der Waals surface area contributed by atoms with E-state index in [0.717, 1.165) is 50.8 Å². The summed E-state index contributed by atoms with van der Waals surface area (Å²) >= 11 is 9.22. The van der Waals surface area contributed by atoms with Crippen LogP contribution in [0.3, 0.4) is 0 Å². The number of thioether (sulfide) groups is 1. The van der Waals surface area contributed by atoms with Gasteiger partial charge >= 0.3 is 5.97 Å². The molecule has 140 valence electrons. The van der Waals surface area contributed by atoms with Gasteiger partial charge in [0.2, 0.25) is 0 Å². The first-order valence-electron chi connectivity index (χ1n) is 8.92. The molecular formula is C20H19ClN2O2S2. The first-order valence-corrected chi connectivity index (χ1v) is 11.0. The van der Waals surface area contributed by atoms with Crippen molar-refractivity contribution in [3.8, 4) is 11.1 Å². The second-order valence-electron chi connectivity index (χ2n) is 6.80. The molecule has 0 fully saturated rings. The minimum absolute atomic E-state index is 0.386. The van der Waals surface area contributed by atoms with Crippen molar-refractivity contribution in [1.29, 1.82) is 0 Å². The highest BCUT2D eigenvalue weighted by Gasteiger charge is 2.21. The van der Waals surface area contributed by atoms with E-state index in [2.05, 4.69) is 35.1 Å². The Bertz CT molecular complexity index is 1050. The van der Waals surface area contributed by atoms with Crippen LogP contribution in [0.5, 0.6) is 0 Å². The highest BCUT2D eigenvalue weighted by molar-refractivity contribution is 8.00. The number of benzene rings is 1. The van der Waals surface area contributed by atoms with E-state index in [1.165, 1.54) is 24.0 Å². The van der Waals surface area contributed by atoms with Gasteiger partial charge in [0.1, 0.15) is 15.2 Å². The molecule has 27 heavy (non-hydrogen) atoms. The van der Waals surface area contributed by atoms with E-state index in [1.54, 1.807) is 18.3 Å². The highest BCUT2D eigenvalue weighted by atomic mass is 35.5. The van der Waals surface area contributed by atoms with E-state index in [4.69, 9.17) is 16.7 Å². The predicted molar refractivity (Wildman–Crippen MR) is 112 cm³/mol. The standard InChI is InChI=1S/C20H19ClN2O2S2/c1-10-15(14-8-7-12-5-3-4-6-13(12)9-14)16-17(21)22-20(23-18(16)26-10)27-11(2)19(24)25/h7-9,11H,3-6H2,1-2H3,(H,24,25). The smallest absolute Gasteiger partial charge is 0.316 e. The van der Waals surface area contributed by atoms with E-state index in [9.17, 15) is 4.79 Å². The SMILES string of the molecule is Cc1sc2nc(SC(C)C(=O)O)nc(Cl)c2c1-c1ccc2c(c1)CCCC2. The predicted octanol–water partition coefficient (Wildman–Crippen LogP) is 5.76. The number of halogens is 1. The molecule has 0 saturated heterocycles. The lowest BCUT2D eigenvalue weighted by atomic mass is 9.89. The lowest BCUT2D eigenvalue weighted by Crippen LogP contribution is -2.11. The third-order valence-electron chi connectivity index (χ3n) is 4.93. The van der Waals surface area contributed by atoms with Gasteiger partial charge in [-0.1, -0.05) is 41.6 Å². The largest absolute Gasteiger partial charge is 0.480 e. The van der Waals surface area contributed by atoms with E-state index in [1.807, 2.05) is 0 Å². The number of hydrogen-bond donors (Lipinski definition) is 1. The number of carboxylic acid groups (broad SMARTS) is 1. The molecule has 1 unspecified atom stereocenters. The first-order chi connectivity index (χ1) is 12.9. The molecule has 1 aliphatic rings. The molecule has 1 aromatic carbocycles. The van der Waals surface area contributed by atoms with Crippen molar-refractivity contribution in [2.45, 2.75) is 49.9 Å². The molecule has 1 atom stereocenters. The molecule has 0 aliphatic heterocycles. The third kappa shape index (κ3) is 3.58. The van der Waals surface area contributed by atoms with Crippen LogP contribution in [0, 0.1) is 6.92 Å². The van der Waals surface area contributed by atoms with Crippen molar-refractivity contribution in [3.05, 3.63) is 39.4 Å². The zero-order valence-electron chi connectivity index (χ0n) is 15.1. The van der Waals surface area contributed by atoms with Crippen molar-refractivity contribution in [2.24, 2.45) is 0 Å². The summed E-state index contributed by atoms with van der Waals surface area (Å²) in [6.45, 7) is 3.69. The van der Waals surface area contributed by atoms with Crippen LogP contribution < -0.4 is 0 Å². The lowest BCUT2D eigenvalue weighted by Gasteiger charge is -2.17. The molecule has 4 rings (SSSR count). The molecule has 1 N–H and O–H groups in total. The summed E-state index contributed by atoms with van der Waals surface area (Å²) < 4.78 is 0. The van der Waals surface area contributed by atoms with E-state index in [-0.39, 0.29) is 0 Å². The summed E-state index contributed by atoms with van der Waals surface area (Å²) in [5.74, 6) is -0.892. The van der Waals surface area contributed by atoms with Crippen molar-refractivity contribution in [1.82, 2.24) is 9.97 Å². The highest BCUT2D eigenvalue weighted by Crippen LogP contribution is 2.42. The molecule has 0 radical (unpaired) electrons. The molecule has 0 spiro atoms. The zero-order valence-corrected chi connectivity index (χ0v) is 17.5. The van der Waals surface area contributed by atoms with Crippen LogP contribution >= 0.6 is 34.7 Å². The quantitative estimate of drug-likeness (QED) is 0.331. The van der Waals surface area contributed by atoms with Crippen LogP contribution in [-0.2, 0) is 17.6 Å². The van der Waals surface area contributed by atoms with Crippen LogP contribution in [0.4, 0.5) is 0 Å². The maximum absolute atomic E-state index is 11.1. The zero-order chi connectivity index (χ0) is 19.1. The van der Waals surface area contributed by atoms with Crippen LogP contribution in [0.15, 0.2) is 23.4 Å². The van der Waals surface area contributed by atoms with Crippen LogP contribution in [-0.4, -0.2) is 26.3 Å². The third-order valence-corrected chi connectivity index (χ3v) is 7.15. The van der Waals surface area contributed by atoms with E-state index >= 15 is 0 Å². The van der Waals surface area contributed by atoms with Gasteiger partial charge in [-0.15, -0.1) is 11.3 Å². The van der Waals surface area contributed by atoms with Crippen molar-refractivity contribution in [3.63, 3.8) is 0 Å². The van der Waals surface area contributed by atoms with Gasteiger partial charge in [0.15, 0.2) is 5.16 Å². The van der Waals surface area contributed by atoms with Crippen LogP contribution in [0.2, 0.25) is 5.15 Å². The van der Waals surface area contributed by atoms with Crippen molar-refractivity contribution < 1.29 is 9.90 Å². The average molecular weight is 419 g/mol. The number of carbonyl (C=O) groups is 1. The minimum Gasteiger partial charge on any atom is -0.480 e. The second-order valence-corrected chi connectivity index (χ2v) is 9.67. The number of nitrogens with zero attached hydrogens (tertiary/aromatic N) is 2. The second kappa shape index (κ2) is 7.41. The van der Waals surface area contributed by atoms with Gasteiger partial charge in [-0.2, -0.15) is 0 Å². The van der Waals surface area contributed by atoms with Crippen LogP contribution in [0.25, 0.3) is 21.3 Å². The number of fused-ring (bicyclic) bond motifs is 2. The summed E-state index contributed by atoms with van der Waals surface area (Å²) in [5, 5.41) is 10.1. The van der Waals surface area contributed by atoms with Gasteiger partial charge < -0.3 is 5.11 Å². The van der Waals surface area contributed by atoms with Gasteiger partial charge in [-0.3, -0.25) is 4.79 Å². The molecule has 0 bridgehead atoms. The fourth-order valence-electron chi connectivity index (χ4n) is 3.55. The summed E-state index contributed by atoms with van der Waals surface area (Å²) in [5.41, 5.74) is 5.13. The monoisotopic (exact) mass is 418 g/mol. The van der Waals surface area contributed by atoms with Gasteiger partial charge in [0, 0.05) is 10.4 Å². The summed E-state index contributed by atoms with van der Waals surface area (Å²) in [7, 11) is 0.